The Morgan fingerprint density at radius 1 is 0.963 bits per heavy atom. The van der Waals surface area contributed by atoms with Crippen LogP contribution in [0.25, 0.3) is 10.9 Å². The zero-order valence-corrected chi connectivity index (χ0v) is 15.5. The maximum atomic E-state index is 12.0. The van der Waals surface area contributed by atoms with Gasteiger partial charge in [-0.3, -0.25) is 0 Å². The highest BCUT2D eigenvalue weighted by molar-refractivity contribution is 6.30. The van der Waals surface area contributed by atoms with Gasteiger partial charge in [0.05, 0.1) is 12.7 Å². The number of H-pyrrole nitrogens is 1. The second-order valence-electron chi connectivity index (χ2n) is 6.39. The second-order valence-corrected chi connectivity index (χ2v) is 6.83. The van der Waals surface area contributed by atoms with E-state index in [0.29, 0.717) is 10.6 Å². The minimum absolute atomic E-state index is 0.0653. The van der Waals surface area contributed by atoms with E-state index in [-0.39, 0.29) is 11.9 Å². The normalized spacial score (nSPS) is 12.1. The molecule has 0 fully saturated rings. The molecular weight excluding hydrogens is 358 g/mol. The Kier molecular flexibility index (Phi) is 4.69. The fourth-order valence-electron chi connectivity index (χ4n) is 3.53. The molecule has 0 spiro atoms. The molecule has 0 amide bonds. The number of halogens is 1. The van der Waals surface area contributed by atoms with Crippen LogP contribution >= 0.6 is 11.6 Å². The Bertz CT molecular complexity index is 1120. The molecule has 0 radical (unpaired) electrons. The maximum Gasteiger partial charge on any atom is 0.337 e. The Morgan fingerprint density at radius 3 is 2.48 bits per heavy atom. The number of aromatic nitrogens is 1. The molecule has 3 nitrogen and oxygen atoms in total. The van der Waals surface area contributed by atoms with E-state index in [9.17, 15) is 4.79 Å². The molecule has 4 rings (SSSR count). The number of carbonyl (C=O) groups is 1. The van der Waals surface area contributed by atoms with Gasteiger partial charge < -0.3 is 9.72 Å². The van der Waals surface area contributed by atoms with Crippen LogP contribution < -0.4 is 0 Å². The third-order valence-electron chi connectivity index (χ3n) is 4.76. The van der Waals surface area contributed by atoms with Gasteiger partial charge in [-0.15, -0.1) is 0 Å². The molecule has 1 aromatic heterocycles. The van der Waals surface area contributed by atoms with Crippen LogP contribution in [-0.4, -0.2) is 18.1 Å². The molecule has 0 saturated heterocycles. The lowest BCUT2D eigenvalue weighted by Crippen LogP contribution is -2.06. The van der Waals surface area contributed by atoms with Gasteiger partial charge in [0.1, 0.15) is 0 Å². The number of para-hydroxylation sites is 1. The van der Waals surface area contributed by atoms with E-state index in [1.165, 1.54) is 7.11 Å². The van der Waals surface area contributed by atoms with Crippen LogP contribution in [0.15, 0.2) is 79.0 Å². The summed E-state index contributed by atoms with van der Waals surface area (Å²) in [5.41, 5.74) is 4.81. The largest absolute Gasteiger partial charge is 0.465 e. The smallest absolute Gasteiger partial charge is 0.337 e. The number of hydrogen-bond acceptors (Lipinski definition) is 2. The summed E-state index contributed by atoms with van der Waals surface area (Å²) in [5, 5.41) is 1.83. The molecule has 0 aliphatic carbocycles. The number of nitrogens with one attached hydrogen (secondary N) is 1. The van der Waals surface area contributed by atoms with Crippen LogP contribution in [0.3, 0.4) is 0 Å². The molecular formula is C23H18ClNO2. The van der Waals surface area contributed by atoms with Crippen molar-refractivity contribution in [2.24, 2.45) is 0 Å². The van der Waals surface area contributed by atoms with E-state index in [4.69, 9.17) is 16.3 Å². The van der Waals surface area contributed by atoms with Crippen molar-refractivity contribution in [3.05, 3.63) is 106 Å². The number of rotatable bonds is 4. The minimum atomic E-state index is -0.347. The molecule has 4 aromatic rings. The highest BCUT2D eigenvalue weighted by Gasteiger charge is 2.21. The lowest BCUT2D eigenvalue weighted by molar-refractivity contribution is 0.0600. The van der Waals surface area contributed by atoms with E-state index in [0.717, 1.165) is 27.6 Å². The number of aromatic amines is 1. The number of fused-ring (bicyclic) bond motifs is 1. The SMILES string of the molecule is COC(=O)c1cccc(C(c2cccc(Cl)c2)c2c[nH]c3ccccc23)c1. The zero-order chi connectivity index (χ0) is 18.8. The molecule has 0 bridgehead atoms. The number of carbonyl (C=O) groups excluding carboxylic acids is 1. The third-order valence-corrected chi connectivity index (χ3v) is 4.99. The molecule has 1 atom stereocenters. The molecule has 1 heterocycles. The van der Waals surface area contributed by atoms with Gasteiger partial charge in [0, 0.05) is 28.0 Å². The van der Waals surface area contributed by atoms with Crippen LogP contribution in [0.4, 0.5) is 0 Å². The van der Waals surface area contributed by atoms with Gasteiger partial charge in [-0.25, -0.2) is 4.79 Å². The lowest BCUT2D eigenvalue weighted by atomic mass is 9.84. The highest BCUT2D eigenvalue weighted by atomic mass is 35.5. The monoisotopic (exact) mass is 375 g/mol. The van der Waals surface area contributed by atoms with Crippen molar-refractivity contribution in [2.75, 3.05) is 7.11 Å². The molecule has 4 heteroatoms. The summed E-state index contributed by atoms with van der Waals surface area (Å²) in [6.45, 7) is 0. The van der Waals surface area contributed by atoms with Crippen molar-refractivity contribution < 1.29 is 9.53 Å². The van der Waals surface area contributed by atoms with E-state index in [1.54, 1.807) is 6.07 Å². The Hall–Kier alpha value is -3.04. The number of ether oxygens (including phenoxy) is 1. The average Bonchev–Trinajstić information content (AvgIpc) is 3.12. The molecule has 3 aromatic carbocycles. The lowest BCUT2D eigenvalue weighted by Gasteiger charge is -2.19. The van der Waals surface area contributed by atoms with Gasteiger partial charge in [-0.1, -0.05) is 54.1 Å². The summed E-state index contributed by atoms with van der Waals surface area (Å²) >= 11 is 6.28. The first-order valence-electron chi connectivity index (χ1n) is 8.67. The van der Waals surface area contributed by atoms with Crippen LogP contribution in [0.5, 0.6) is 0 Å². The van der Waals surface area contributed by atoms with Crippen molar-refractivity contribution in [3.63, 3.8) is 0 Å². The highest BCUT2D eigenvalue weighted by Crippen LogP contribution is 2.37. The van der Waals surface area contributed by atoms with Crippen LogP contribution in [0, 0.1) is 0 Å². The summed E-state index contributed by atoms with van der Waals surface area (Å²) in [7, 11) is 1.39. The second kappa shape index (κ2) is 7.29. The number of benzene rings is 3. The standard InChI is InChI=1S/C23H18ClNO2/c1-27-23(26)17-8-4-6-15(12-17)22(16-7-5-9-18(24)13-16)20-14-25-21-11-3-2-10-19(20)21/h2-14,22,25H,1H3. The molecule has 27 heavy (non-hydrogen) atoms. The van der Waals surface area contributed by atoms with E-state index < -0.39 is 0 Å². The van der Waals surface area contributed by atoms with Gasteiger partial charge in [0.25, 0.3) is 0 Å². The van der Waals surface area contributed by atoms with E-state index >= 15 is 0 Å². The van der Waals surface area contributed by atoms with Gasteiger partial charge >= 0.3 is 5.97 Å². The fourth-order valence-corrected chi connectivity index (χ4v) is 3.73. The van der Waals surface area contributed by atoms with Crippen molar-refractivity contribution in [1.29, 1.82) is 0 Å². The van der Waals surface area contributed by atoms with E-state index in [1.807, 2.05) is 54.7 Å². The van der Waals surface area contributed by atoms with E-state index in [2.05, 4.69) is 23.2 Å². The predicted molar refractivity (Wildman–Crippen MR) is 108 cm³/mol. The summed E-state index contributed by atoms with van der Waals surface area (Å²) in [5.74, 6) is -0.412. The third kappa shape index (κ3) is 3.34. The fraction of sp³-hybridized carbons (Fsp3) is 0.0870. The summed E-state index contributed by atoms with van der Waals surface area (Å²) in [6, 6.07) is 23.6. The van der Waals surface area contributed by atoms with Gasteiger partial charge in [0.15, 0.2) is 0 Å². The van der Waals surface area contributed by atoms with Gasteiger partial charge in [-0.05, 0) is 47.0 Å². The molecule has 1 unspecified atom stereocenters. The summed E-state index contributed by atoms with van der Waals surface area (Å²) in [6.07, 6.45) is 2.03. The Morgan fingerprint density at radius 2 is 1.70 bits per heavy atom. The average molecular weight is 376 g/mol. The van der Waals surface area contributed by atoms with Crippen molar-refractivity contribution in [2.45, 2.75) is 5.92 Å². The first-order valence-corrected chi connectivity index (χ1v) is 9.05. The van der Waals surface area contributed by atoms with Crippen LogP contribution in [0.2, 0.25) is 5.02 Å². The van der Waals surface area contributed by atoms with Crippen molar-refractivity contribution >= 4 is 28.5 Å². The first kappa shape index (κ1) is 17.4. The number of esters is 1. The number of hydrogen-bond donors (Lipinski definition) is 1. The number of methoxy groups -OCH3 is 1. The topological polar surface area (TPSA) is 42.1 Å². The van der Waals surface area contributed by atoms with Crippen molar-refractivity contribution in [3.8, 4) is 0 Å². The predicted octanol–water partition coefficient (Wildman–Crippen LogP) is 5.79. The van der Waals surface area contributed by atoms with Gasteiger partial charge in [0.2, 0.25) is 0 Å². The Balaban J connectivity index is 1.93. The minimum Gasteiger partial charge on any atom is -0.465 e. The maximum absolute atomic E-state index is 12.0. The van der Waals surface area contributed by atoms with Gasteiger partial charge in [-0.2, -0.15) is 0 Å². The summed E-state index contributed by atoms with van der Waals surface area (Å²) in [4.78, 5) is 15.4. The van der Waals surface area contributed by atoms with Crippen molar-refractivity contribution in [1.82, 2.24) is 4.98 Å². The summed E-state index contributed by atoms with van der Waals surface area (Å²) < 4.78 is 4.89. The molecule has 1 N–H and O–H groups in total. The van der Waals surface area contributed by atoms with Crippen LogP contribution in [0.1, 0.15) is 33.0 Å². The quantitative estimate of drug-likeness (QED) is 0.459. The molecule has 0 aliphatic heterocycles. The molecule has 0 aliphatic rings. The Labute approximate surface area is 162 Å². The zero-order valence-electron chi connectivity index (χ0n) is 14.8. The first-order chi connectivity index (χ1) is 13.2. The molecule has 134 valence electrons. The van der Waals surface area contributed by atoms with Crippen LogP contribution in [-0.2, 0) is 4.74 Å². The molecule has 0 saturated carbocycles.